The Bertz CT molecular complexity index is 599. The summed E-state index contributed by atoms with van der Waals surface area (Å²) in [6.45, 7) is 1.09. The average Bonchev–Trinajstić information content (AvgIpc) is 2.69. The van der Waals surface area contributed by atoms with Crippen LogP contribution < -0.4 is 4.74 Å². The first-order chi connectivity index (χ1) is 10.0. The molecule has 0 radical (unpaired) electrons. The van der Waals surface area contributed by atoms with Gasteiger partial charge in [-0.1, -0.05) is 42.2 Å². The standard InChI is InChI=1S/C14H11F2NO2S2/c1-2-7-17-12(18)11(21-14(17)20)8-9-3-5-10(6-4-9)19-13(15)16/h2-6,8,13H,1,7H2. The van der Waals surface area contributed by atoms with Crippen LogP contribution in [0.3, 0.4) is 0 Å². The normalized spacial score (nSPS) is 16.9. The Balaban J connectivity index is 2.15. The number of amides is 1. The summed E-state index contributed by atoms with van der Waals surface area (Å²) in [7, 11) is 0. The highest BCUT2D eigenvalue weighted by molar-refractivity contribution is 8.26. The third-order valence-electron chi connectivity index (χ3n) is 2.59. The molecule has 1 saturated heterocycles. The van der Waals surface area contributed by atoms with E-state index >= 15 is 0 Å². The summed E-state index contributed by atoms with van der Waals surface area (Å²) >= 11 is 6.32. The molecule has 1 fully saturated rings. The van der Waals surface area contributed by atoms with Crippen molar-refractivity contribution in [3.63, 3.8) is 0 Å². The van der Waals surface area contributed by atoms with Crippen molar-refractivity contribution >= 4 is 40.3 Å². The maximum atomic E-state index is 12.1. The number of ether oxygens (including phenoxy) is 1. The predicted molar refractivity (Wildman–Crippen MR) is 83.2 cm³/mol. The minimum atomic E-state index is -2.86. The van der Waals surface area contributed by atoms with Gasteiger partial charge in [-0.05, 0) is 23.8 Å². The number of thiocarbonyl (C=S) groups is 1. The topological polar surface area (TPSA) is 29.5 Å². The maximum Gasteiger partial charge on any atom is 0.387 e. The van der Waals surface area contributed by atoms with Crippen molar-refractivity contribution in [1.82, 2.24) is 4.90 Å². The summed E-state index contributed by atoms with van der Waals surface area (Å²) in [5.74, 6) is -0.112. The molecule has 3 nitrogen and oxygen atoms in total. The Morgan fingerprint density at radius 3 is 2.62 bits per heavy atom. The van der Waals surface area contributed by atoms with Crippen LogP contribution in [0.1, 0.15) is 5.56 Å². The van der Waals surface area contributed by atoms with Crippen LogP contribution in [0.25, 0.3) is 6.08 Å². The second kappa shape index (κ2) is 6.82. The zero-order valence-corrected chi connectivity index (χ0v) is 12.4. The van der Waals surface area contributed by atoms with E-state index in [1.54, 1.807) is 24.3 Å². The fraction of sp³-hybridized carbons (Fsp3) is 0.143. The number of thioether (sulfide) groups is 1. The summed E-state index contributed by atoms with van der Waals surface area (Å²) in [4.78, 5) is 14.0. The lowest BCUT2D eigenvalue weighted by atomic mass is 10.2. The van der Waals surface area contributed by atoms with Crippen LogP contribution in [-0.4, -0.2) is 28.3 Å². The molecule has 1 aromatic carbocycles. The smallest absolute Gasteiger partial charge is 0.387 e. The zero-order chi connectivity index (χ0) is 15.4. The van der Waals surface area contributed by atoms with Crippen molar-refractivity contribution in [2.45, 2.75) is 6.61 Å². The molecule has 21 heavy (non-hydrogen) atoms. The molecule has 0 aromatic heterocycles. The Morgan fingerprint density at radius 2 is 2.05 bits per heavy atom. The molecule has 0 aliphatic carbocycles. The number of hydrogen-bond acceptors (Lipinski definition) is 4. The number of benzene rings is 1. The zero-order valence-electron chi connectivity index (χ0n) is 10.8. The van der Waals surface area contributed by atoms with Gasteiger partial charge in [0.2, 0.25) is 0 Å². The molecule has 0 N–H and O–H groups in total. The molecule has 0 spiro atoms. The molecule has 1 amide bonds. The van der Waals surface area contributed by atoms with Gasteiger partial charge < -0.3 is 4.74 Å². The molecule has 0 unspecified atom stereocenters. The highest BCUT2D eigenvalue weighted by Crippen LogP contribution is 2.32. The summed E-state index contributed by atoms with van der Waals surface area (Å²) in [5.41, 5.74) is 0.704. The number of hydrogen-bond donors (Lipinski definition) is 0. The van der Waals surface area contributed by atoms with Gasteiger partial charge >= 0.3 is 6.61 Å². The van der Waals surface area contributed by atoms with Crippen molar-refractivity contribution in [1.29, 1.82) is 0 Å². The highest BCUT2D eigenvalue weighted by atomic mass is 32.2. The Labute approximate surface area is 130 Å². The second-order valence-electron chi connectivity index (χ2n) is 4.03. The van der Waals surface area contributed by atoms with E-state index in [4.69, 9.17) is 12.2 Å². The summed E-state index contributed by atoms with van der Waals surface area (Å²) in [5, 5.41) is 0. The predicted octanol–water partition coefficient (Wildman–Crippen LogP) is 3.68. The fourth-order valence-electron chi connectivity index (χ4n) is 1.68. The van der Waals surface area contributed by atoms with Crippen molar-refractivity contribution in [3.05, 3.63) is 47.4 Å². The van der Waals surface area contributed by atoms with Gasteiger partial charge in [-0.25, -0.2) is 0 Å². The number of nitrogens with zero attached hydrogens (tertiary/aromatic N) is 1. The van der Waals surface area contributed by atoms with E-state index in [2.05, 4.69) is 11.3 Å². The van der Waals surface area contributed by atoms with E-state index in [1.807, 2.05) is 0 Å². The van der Waals surface area contributed by atoms with Crippen LogP contribution >= 0.6 is 24.0 Å². The number of carbonyl (C=O) groups excluding carboxylic acids is 1. The van der Waals surface area contributed by atoms with E-state index in [9.17, 15) is 13.6 Å². The van der Waals surface area contributed by atoms with Gasteiger partial charge in [0.25, 0.3) is 5.91 Å². The number of carbonyl (C=O) groups is 1. The van der Waals surface area contributed by atoms with Gasteiger partial charge in [0.1, 0.15) is 10.1 Å². The molecular weight excluding hydrogens is 316 g/mol. The quantitative estimate of drug-likeness (QED) is 0.469. The summed E-state index contributed by atoms with van der Waals surface area (Å²) < 4.78 is 28.8. The van der Waals surface area contributed by atoms with Crippen LogP contribution in [0.15, 0.2) is 41.8 Å². The molecule has 0 atom stereocenters. The van der Waals surface area contributed by atoms with E-state index in [-0.39, 0.29) is 11.7 Å². The molecule has 110 valence electrons. The third kappa shape index (κ3) is 3.89. The fourth-order valence-corrected chi connectivity index (χ4v) is 2.96. The first-order valence-electron chi connectivity index (χ1n) is 5.92. The van der Waals surface area contributed by atoms with Gasteiger partial charge in [-0.3, -0.25) is 9.69 Å². The van der Waals surface area contributed by atoms with E-state index in [0.717, 1.165) is 0 Å². The van der Waals surface area contributed by atoms with Gasteiger partial charge in [-0.15, -0.1) is 6.58 Å². The van der Waals surface area contributed by atoms with Crippen LogP contribution in [0.4, 0.5) is 8.78 Å². The minimum Gasteiger partial charge on any atom is -0.435 e. The Morgan fingerprint density at radius 1 is 1.38 bits per heavy atom. The molecule has 2 rings (SSSR count). The number of alkyl halides is 2. The van der Waals surface area contributed by atoms with Crippen molar-refractivity contribution < 1.29 is 18.3 Å². The van der Waals surface area contributed by atoms with Crippen LogP contribution in [0, 0.1) is 0 Å². The first-order valence-corrected chi connectivity index (χ1v) is 7.15. The lowest BCUT2D eigenvalue weighted by molar-refractivity contribution is -0.121. The van der Waals surface area contributed by atoms with Gasteiger partial charge in [0.15, 0.2) is 0 Å². The summed E-state index contributed by atoms with van der Waals surface area (Å²) in [6.07, 6.45) is 3.26. The highest BCUT2D eigenvalue weighted by Gasteiger charge is 2.30. The molecule has 7 heteroatoms. The second-order valence-corrected chi connectivity index (χ2v) is 5.70. The van der Waals surface area contributed by atoms with Crippen molar-refractivity contribution in [3.8, 4) is 5.75 Å². The molecule has 0 saturated carbocycles. The van der Waals surface area contributed by atoms with Gasteiger partial charge in [0, 0.05) is 6.54 Å². The van der Waals surface area contributed by atoms with Crippen molar-refractivity contribution in [2.24, 2.45) is 0 Å². The summed E-state index contributed by atoms with van der Waals surface area (Å²) in [6, 6.07) is 6.03. The molecule has 1 heterocycles. The monoisotopic (exact) mass is 327 g/mol. The lowest BCUT2D eigenvalue weighted by Gasteiger charge is -2.10. The molecular formula is C14H11F2NO2S2. The van der Waals surface area contributed by atoms with E-state index in [0.29, 0.717) is 21.3 Å². The molecule has 0 bridgehead atoms. The maximum absolute atomic E-state index is 12.1. The Kier molecular flexibility index (Phi) is 5.08. The minimum absolute atomic E-state index is 0.0707. The SMILES string of the molecule is C=CCN1C(=O)C(=Cc2ccc(OC(F)F)cc2)SC1=S. The van der Waals surface area contributed by atoms with Crippen molar-refractivity contribution in [2.75, 3.05) is 6.54 Å². The van der Waals surface area contributed by atoms with E-state index < -0.39 is 6.61 Å². The Hall–Kier alpha value is -1.73. The molecule has 1 aliphatic heterocycles. The first kappa shape index (κ1) is 15.7. The lowest BCUT2D eigenvalue weighted by Crippen LogP contribution is -2.27. The van der Waals surface area contributed by atoms with Gasteiger partial charge in [0.05, 0.1) is 4.91 Å². The van der Waals surface area contributed by atoms with Crippen LogP contribution in [0.2, 0.25) is 0 Å². The third-order valence-corrected chi connectivity index (χ3v) is 3.97. The largest absolute Gasteiger partial charge is 0.435 e. The average molecular weight is 327 g/mol. The van der Waals surface area contributed by atoms with Crippen LogP contribution in [-0.2, 0) is 4.79 Å². The number of rotatable bonds is 5. The number of halogens is 2. The molecule has 1 aromatic rings. The molecule has 1 aliphatic rings. The van der Waals surface area contributed by atoms with Gasteiger partial charge in [-0.2, -0.15) is 8.78 Å². The van der Waals surface area contributed by atoms with E-state index in [1.165, 1.54) is 28.8 Å². The van der Waals surface area contributed by atoms with Crippen LogP contribution in [0.5, 0.6) is 5.75 Å².